The van der Waals surface area contributed by atoms with Crippen LogP contribution in [0.5, 0.6) is 5.75 Å². The van der Waals surface area contributed by atoms with E-state index < -0.39 is 7.32 Å². The molecule has 20 heavy (non-hydrogen) atoms. The molecule has 2 aromatic carbocycles. The molecule has 0 unspecified atom stereocenters. The molecule has 2 aromatic rings. The standard InChI is InChI=1S/C14H11BN2O3/c16-9-11-1-5-13(6-2-11)17-10-12-3-7-14(8-4-12)20-15(18)19/h1-8,10,18-19H. The van der Waals surface area contributed by atoms with Crippen LogP contribution in [0.3, 0.4) is 0 Å². The molecule has 2 N–H and O–H groups in total. The quantitative estimate of drug-likeness (QED) is 0.650. The molecule has 0 aliphatic rings. The van der Waals surface area contributed by atoms with Crippen molar-refractivity contribution < 1.29 is 14.7 Å². The van der Waals surface area contributed by atoms with Crippen LogP contribution in [0.15, 0.2) is 53.5 Å². The van der Waals surface area contributed by atoms with Gasteiger partial charge in [0, 0.05) is 6.21 Å². The van der Waals surface area contributed by atoms with Crippen molar-refractivity contribution in [2.75, 3.05) is 0 Å². The number of benzene rings is 2. The van der Waals surface area contributed by atoms with Gasteiger partial charge in [-0.25, -0.2) is 0 Å². The average Bonchev–Trinajstić information content (AvgIpc) is 2.46. The molecule has 6 heteroatoms. The van der Waals surface area contributed by atoms with Crippen molar-refractivity contribution >= 4 is 19.2 Å². The van der Waals surface area contributed by atoms with E-state index in [9.17, 15) is 0 Å². The Morgan fingerprint density at radius 1 is 1.05 bits per heavy atom. The molecular formula is C14H11BN2O3. The molecule has 0 saturated heterocycles. The normalized spacial score (nSPS) is 10.2. The predicted molar refractivity (Wildman–Crippen MR) is 75.7 cm³/mol. The van der Waals surface area contributed by atoms with Gasteiger partial charge in [-0.05, 0) is 54.1 Å². The minimum Gasteiger partial charge on any atom is -0.512 e. The van der Waals surface area contributed by atoms with Crippen molar-refractivity contribution in [2.24, 2.45) is 4.99 Å². The van der Waals surface area contributed by atoms with Crippen LogP contribution in [0.2, 0.25) is 0 Å². The summed E-state index contributed by atoms with van der Waals surface area (Å²) >= 11 is 0. The summed E-state index contributed by atoms with van der Waals surface area (Å²) < 4.78 is 4.69. The Hall–Kier alpha value is -2.62. The van der Waals surface area contributed by atoms with E-state index in [2.05, 4.69) is 4.99 Å². The van der Waals surface area contributed by atoms with Crippen LogP contribution in [0.1, 0.15) is 11.1 Å². The van der Waals surface area contributed by atoms with E-state index in [1.54, 1.807) is 54.7 Å². The van der Waals surface area contributed by atoms with Crippen LogP contribution < -0.4 is 4.65 Å². The van der Waals surface area contributed by atoms with Gasteiger partial charge in [0.25, 0.3) is 0 Å². The Morgan fingerprint density at radius 3 is 2.25 bits per heavy atom. The number of nitriles is 1. The van der Waals surface area contributed by atoms with E-state index >= 15 is 0 Å². The Labute approximate surface area is 116 Å². The summed E-state index contributed by atoms with van der Waals surface area (Å²) in [6.45, 7) is 0. The molecular weight excluding hydrogens is 255 g/mol. The van der Waals surface area contributed by atoms with Crippen molar-refractivity contribution in [2.45, 2.75) is 0 Å². The molecule has 98 valence electrons. The molecule has 2 rings (SSSR count). The first-order valence-electron chi connectivity index (χ1n) is 5.84. The maximum atomic E-state index is 8.69. The first-order valence-corrected chi connectivity index (χ1v) is 5.84. The van der Waals surface area contributed by atoms with Gasteiger partial charge in [0.2, 0.25) is 0 Å². The van der Waals surface area contributed by atoms with E-state index in [1.165, 1.54) is 0 Å². The summed E-state index contributed by atoms with van der Waals surface area (Å²) in [5.41, 5.74) is 2.18. The van der Waals surface area contributed by atoms with E-state index in [4.69, 9.17) is 20.0 Å². The van der Waals surface area contributed by atoms with E-state index in [0.29, 0.717) is 11.3 Å². The van der Waals surface area contributed by atoms with Crippen molar-refractivity contribution in [1.29, 1.82) is 5.26 Å². The Morgan fingerprint density at radius 2 is 1.70 bits per heavy atom. The SMILES string of the molecule is N#Cc1ccc(N=Cc2ccc(OB(O)O)cc2)cc1. The third-order valence-electron chi connectivity index (χ3n) is 2.48. The van der Waals surface area contributed by atoms with Crippen molar-refractivity contribution in [3.63, 3.8) is 0 Å². The molecule has 0 spiro atoms. The maximum absolute atomic E-state index is 8.69. The van der Waals surface area contributed by atoms with Crippen molar-refractivity contribution in [3.8, 4) is 11.8 Å². The van der Waals surface area contributed by atoms with E-state index in [-0.39, 0.29) is 0 Å². The molecule has 0 saturated carbocycles. The molecule has 5 nitrogen and oxygen atoms in total. The first-order chi connectivity index (χ1) is 9.67. The van der Waals surface area contributed by atoms with Gasteiger partial charge in [-0.2, -0.15) is 5.26 Å². The van der Waals surface area contributed by atoms with Gasteiger partial charge in [0.15, 0.2) is 0 Å². The fraction of sp³-hybridized carbons (Fsp3) is 0. The molecule has 0 radical (unpaired) electrons. The molecule has 0 atom stereocenters. The lowest BCUT2D eigenvalue weighted by atomic mass is 10.2. The second-order valence-corrected chi connectivity index (χ2v) is 3.93. The number of nitrogens with zero attached hydrogens (tertiary/aromatic N) is 2. The lowest BCUT2D eigenvalue weighted by molar-refractivity contribution is 0.288. The zero-order chi connectivity index (χ0) is 14.4. The number of rotatable bonds is 4. The second kappa shape index (κ2) is 6.52. The van der Waals surface area contributed by atoms with Crippen LogP contribution in [-0.4, -0.2) is 23.6 Å². The number of hydrogen-bond donors (Lipinski definition) is 2. The molecule has 0 aliphatic carbocycles. The summed E-state index contributed by atoms with van der Waals surface area (Å²) in [5, 5.41) is 26.0. The summed E-state index contributed by atoms with van der Waals surface area (Å²) in [7, 11) is -1.83. The fourth-order valence-corrected chi connectivity index (χ4v) is 1.53. The highest BCUT2D eigenvalue weighted by atomic mass is 16.6. The van der Waals surface area contributed by atoms with Gasteiger partial charge < -0.3 is 14.7 Å². The van der Waals surface area contributed by atoms with Crippen LogP contribution in [0.4, 0.5) is 5.69 Å². The van der Waals surface area contributed by atoms with E-state index in [0.717, 1.165) is 11.3 Å². The third kappa shape index (κ3) is 3.95. The highest BCUT2D eigenvalue weighted by Crippen LogP contribution is 2.14. The Balaban J connectivity index is 2.05. The summed E-state index contributed by atoms with van der Waals surface area (Å²) in [4.78, 5) is 4.27. The van der Waals surface area contributed by atoms with E-state index in [1.807, 2.05) is 6.07 Å². The lowest BCUT2D eigenvalue weighted by Crippen LogP contribution is -2.20. The Kier molecular flexibility index (Phi) is 4.50. The zero-order valence-electron chi connectivity index (χ0n) is 10.5. The molecule has 0 amide bonds. The molecule has 0 fully saturated rings. The van der Waals surface area contributed by atoms with Gasteiger partial charge in [-0.1, -0.05) is 0 Å². The van der Waals surface area contributed by atoms with Gasteiger partial charge in [-0.3, -0.25) is 4.99 Å². The number of hydrogen-bond acceptors (Lipinski definition) is 5. The summed E-state index contributed by atoms with van der Waals surface area (Å²) in [5.74, 6) is 0.357. The van der Waals surface area contributed by atoms with Crippen LogP contribution in [0.25, 0.3) is 0 Å². The molecule has 0 aromatic heterocycles. The van der Waals surface area contributed by atoms with Crippen LogP contribution in [-0.2, 0) is 0 Å². The maximum Gasteiger partial charge on any atom is 0.707 e. The van der Waals surface area contributed by atoms with Gasteiger partial charge in [0.1, 0.15) is 5.75 Å². The monoisotopic (exact) mass is 266 g/mol. The molecule has 0 heterocycles. The van der Waals surface area contributed by atoms with Crippen molar-refractivity contribution in [1.82, 2.24) is 0 Å². The zero-order valence-corrected chi connectivity index (χ0v) is 10.5. The smallest absolute Gasteiger partial charge is 0.512 e. The van der Waals surface area contributed by atoms with Gasteiger partial charge >= 0.3 is 7.32 Å². The second-order valence-electron chi connectivity index (χ2n) is 3.93. The molecule has 0 bridgehead atoms. The van der Waals surface area contributed by atoms with Crippen molar-refractivity contribution in [3.05, 3.63) is 59.7 Å². The first kappa shape index (κ1) is 13.8. The van der Waals surface area contributed by atoms with Crippen LogP contribution >= 0.6 is 0 Å². The number of aliphatic imine (C=N–C) groups is 1. The fourth-order valence-electron chi connectivity index (χ4n) is 1.53. The third-order valence-corrected chi connectivity index (χ3v) is 2.48. The predicted octanol–water partition coefficient (Wildman–Crippen LogP) is 1.66. The topological polar surface area (TPSA) is 85.8 Å². The highest BCUT2D eigenvalue weighted by Gasteiger charge is 2.10. The van der Waals surface area contributed by atoms with Crippen LogP contribution in [0, 0.1) is 11.3 Å². The minimum atomic E-state index is -1.83. The minimum absolute atomic E-state index is 0.357. The lowest BCUT2D eigenvalue weighted by Gasteiger charge is -2.03. The summed E-state index contributed by atoms with van der Waals surface area (Å²) in [6.07, 6.45) is 1.67. The molecule has 0 aliphatic heterocycles. The highest BCUT2D eigenvalue weighted by molar-refractivity contribution is 6.33. The largest absolute Gasteiger partial charge is 0.707 e. The van der Waals surface area contributed by atoms with Gasteiger partial charge in [-0.15, -0.1) is 0 Å². The summed E-state index contributed by atoms with van der Waals surface area (Å²) in [6, 6.07) is 15.7. The average molecular weight is 266 g/mol. The Bertz CT molecular complexity index is 631. The van der Waals surface area contributed by atoms with Gasteiger partial charge in [0.05, 0.1) is 17.3 Å².